The van der Waals surface area contributed by atoms with Gasteiger partial charge in [-0.25, -0.2) is 10.8 Å². The van der Waals surface area contributed by atoms with Crippen LogP contribution in [0.2, 0.25) is 0 Å². The van der Waals surface area contributed by atoms with E-state index in [1.807, 2.05) is 0 Å². The number of nitrogens with two attached hydrogens (primary N) is 2. The SMILES string of the molecule is NC1=NCN(N)C=C1. The molecule has 0 aromatic carbocycles. The number of hydrazine groups is 1. The van der Waals surface area contributed by atoms with E-state index in [2.05, 4.69) is 4.99 Å². The van der Waals surface area contributed by atoms with Gasteiger partial charge in [-0.05, 0) is 6.08 Å². The maximum absolute atomic E-state index is 5.28. The third kappa shape index (κ3) is 0.974. The van der Waals surface area contributed by atoms with Crippen molar-refractivity contribution in [2.75, 3.05) is 6.67 Å². The molecule has 44 valence electrons. The van der Waals surface area contributed by atoms with E-state index in [-0.39, 0.29) is 0 Å². The minimum absolute atomic E-state index is 0.461. The van der Waals surface area contributed by atoms with Gasteiger partial charge in [0.1, 0.15) is 12.5 Å². The van der Waals surface area contributed by atoms with Crippen molar-refractivity contribution in [3.63, 3.8) is 0 Å². The van der Waals surface area contributed by atoms with E-state index in [9.17, 15) is 0 Å². The van der Waals surface area contributed by atoms with Crippen molar-refractivity contribution < 1.29 is 0 Å². The lowest BCUT2D eigenvalue weighted by Crippen LogP contribution is -2.30. The molecule has 1 rings (SSSR count). The van der Waals surface area contributed by atoms with Gasteiger partial charge >= 0.3 is 0 Å². The lowest BCUT2D eigenvalue weighted by Gasteiger charge is -2.13. The maximum Gasteiger partial charge on any atom is 0.126 e. The number of amidine groups is 1. The van der Waals surface area contributed by atoms with Crippen molar-refractivity contribution in [2.24, 2.45) is 16.6 Å². The highest BCUT2D eigenvalue weighted by Crippen LogP contribution is 1.88. The molecular weight excluding hydrogens is 104 g/mol. The van der Waals surface area contributed by atoms with E-state index in [1.165, 1.54) is 5.01 Å². The summed E-state index contributed by atoms with van der Waals surface area (Å²) in [7, 11) is 0. The Morgan fingerprint density at radius 1 is 1.75 bits per heavy atom. The van der Waals surface area contributed by atoms with Crippen LogP contribution in [0.15, 0.2) is 17.3 Å². The van der Waals surface area contributed by atoms with Crippen molar-refractivity contribution in [3.8, 4) is 0 Å². The molecule has 0 saturated heterocycles. The molecule has 0 aromatic heterocycles. The topological polar surface area (TPSA) is 67.6 Å². The first-order valence-electron chi connectivity index (χ1n) is 2.28. The van der Waals surface area contributed by atoms with Gasteiger partial charge in [-0.3, -0.25) is 5.01 Å². The van der Waals surface area contributed by atoms with E-state index in [0.717, 1.165) is 0 Å². The van der Waals surface area contributed by atoms with Gasteiger partial charge in [0, 0.05) is 6.20 Å². The molecule has 0 unspecified atom stereocenters. The van der Waals surface area contributed by atoms with Crippen LogP contribution in [0.4, 0.5) is 0 Å². The Morgan fingerprint density at radius 3 is 2.88 bits per heavy atom. The maximum atomic E-state index is 5.28. The molecule has 0 bridgehead atoms. The van der Waals surface area contributed by atoms with Gasteiger partial charge in [0.15, 0.2) is 0 Å². The Balaban J connectivity index is 2.58. The average molecular weight is 112 g/mol. The highest BCUT2D eigenvalue weighted by Gasteiger charge is 1.94. The quantitative estimate of drug-likeness (QED) is 0.395. The van der Waals surface area contributed by atoms with Crippen molar-refractivity contribution in [1.29, 1.82) is 0 Å². The zero-order valence-electron chi connectivity index (χ0n) is 4.41. The molecule has 0 atom stereocenters. The molecule has 1 heterocycles. The molecule has 0 spiro atoms. The summed E-state index contributed by atoms with van der Waals surface area (Å²) < 4.78 is 0. The molecule has 4 N–H and O–H groups in total. The van der Waals surface area contributed by atoms with E-state index in [4.69, 9.17) is 11.6 Å². The number of hydrogen-bond donors (Lipinski definition) is 2. The molecule has 0 aliphatic carbocycles. The second-order valence-corrected chi connectivity index (χ2v) is 1.55. The van der Waals surface area contributed by atoms with Crippen molar-refractivity contribution in [2.45, 2.75) is 0 Å². The highest BCUT2D eigenvalue weighted by atomic mass is 15.4. The third-order valence-electron chi connectivity index (χ3n) is 0.853. The monoisotopic (exact) mass is 112 g/mol. The van der Waals surface area contributed by atoms with Crippen LogP contribution in [0.3, 0.4) is 0 Å². The predicted molar refractivity (Wildman–Crippen MR) is 31.7 cm³/mol. The Hall–Kier alpha value is -1.03. The van der Waals surface area contributed by atoms with Crippen LogP contribution in [0, 0.1) is 0 Å². The number of nitrogens with zero attached hydrogens (tertiary/aromatic N) is 2. The van der Waals surface area contributed by atoms with Crippen LogP contribution in [0.5, 0.6) is 0 Å². The van der Waals surface area contributed by atoms with Crippen LogP contribution < -0.4 is 11.6 Å². The fraction of sp³-hybridized carbons (Fsp3) is 0.250. The van der Waals surface area contributed by atoms with Crippen LogP contribution in [0.1, 0.15) is 0 Å². The minimum atomic E-state index is 0.461. The van der Waals surface area contributed by atoms with Gasteiger partial charge in [0.2, 0.25) is 0 Å². The van der Waals surface area contributed by atoms with Gasteiger partial charge in [-0.2, -0.15) is 0 Å². The van der Waals surface area contributed by atoms with E-state index in [1.54, 1.807) is 12.3 Å². The van der Waals surface area contributed by atoms with Gasteiger partial charge < -0.3 is 5.73 Å². The molecule has 4 nitrogen and oxygen atoms in total. The molecule has 8 heavy (non-hydrogen) atoms. The van der Waals surface area contributed by atoms with Crippen LogP contribution in [-0.4, -0.2) is 17.5 Å². The first-order chi connectivity index (χ1) is 3.79. The lowest BCUT2D eigenvalue weighted by molar-refractivity contribution is 0.404. The summed E-state index contributed by atoms with van der Waals surface area (Å²) in [5.74, 6) is 5.81. The molecule has 4 heteroatoms. The Morgan fingerprint density at radius 2 is 2.50 bits per heavy atom. The molecular formula is C4H8N4. The molecule has 0 radical (unpaired) electrons. The standard InChI is InChI=1S/C4H8N4/c5-4-1-2-8(6)3-7-4/h1-2H,3,6H2,(H2,5,7). The summed E-state index contributed by atoms with van der Waals surface area (Å²) in [4.78, 5) is 3.82. The summed E-state index contributed by atoms with van der Waals surface area (Å²) >= 11 is 0. The third-order valence-corrected chi connectivity index (χ3v) is 0.853. The van der Waals surface area contributed by atoms with Crippen molar-refractivity contribution >= 4 is 5.84 Å². The zero-order chi connectivity index (χ0) is 5.98. The largest absolute Gasteiger partial charge is 0.384 e. The smallest absolute Gasteiger partial charge is 0.126 e. The minimum Gasteiger partial charge on any atom is -0.384 e. The Bertz CT molecular complexity index is 137. The van der Waals surface area contributed by atoms with Gasteiger partial charge in [0.05, 0.1) is 0 Å². The van der Waals surface area contributed by atoms with Crippen LogP contribution in [0.25, 0.3) is 0 Å². The van der Waals surface area contributed by atoms with Crippen molar-refractivity contribution in [3.05, 3.63) is 12.3 Å². The molecule has 1 aliphatic heterocycles. The summed E-state index contributed by atoms with van der Waals surface area (Å²) in [5, 5.41) is 1.45. The molecule has 0 fully saturated rings. The van der Waals surface area contributed by atoms with Crippen molar-refractivity contribution in [1.82, 2.24) is 5.01 Å². The summed E-state index contributed by atoms with van der Waals surface area (Å²) in [6.07, 6.45) is 3.34. The molecule has 1 aliphatic rings. The molecule has 0 saturated carbocycles. The van der Waals surface area contributed by atoms with Gasteiger partial charge in [0.25, 0.3) is 0 Å². The summed E-state index contributed by atoms with van der Waals surface area (Å²) in [5.41, 5.74) is 5.28. The Kier molecular flexibility index (Phi) is 1.17. The van der Waals surface area contributed by atoms with Gasteiger partial charge in [-0.1, -0.05) is 0 Å². The van der Waals surface area contributed by atoms with E-state index in [0.29, 0.717) is 12.5 Å². The number of aliphatic imine (C=N–C) groups is 1. The first-order valence-corrected chi connectivity index (χ1v) is 2.28. The Labute approximate surface area is 47.4 Å². The average Bonchev–Trinajstić information content (AvgIpc) is 1.77. The number of hydrogen-bond acceptors (Lipinski definition) is 4. The van der Waals surface area contributed by atoms with Crippen LogP contribution >= 0.6 is 0 Å². The second-order valence-electron chi connectivity index (χ2n) is 1.55. The fourth-order valence-electron chi connectivity index (χ4n) is 0.435. The van der Waals surface area contributed by atoms with Crippen LogP contribution in [-0.2, 0) is 0 Å². The number of rotatable bonds is 0. The van der Waals surface area contributed by atoms with E-state index >= 15 is 0 Å². The van der Waals surface area contributed by atoms with Gasteiger partial charge in [-0.15, -0.1) is 0 Å². The second kappa shape index (κ2) is 1.83. The predicted octanol–water partition coefficient (Wildman–Crippen LogP) is -0.996. The van der Waals surface area contributed by atoms with E-state index < -0.39 is 0 Å². The normalized spacial score (nSPS) is 18.6. The zero-order valence-corrected chi connectivity index (χ0v) is 4.41. The highest BCUT2D eigenvalue weighted by molar-refractivity contribution is 5.91. The molecule has 0 aromatic rings. The fourth-order valence-corrected chi connectivity index (χ4v) is 0.435. The summed E-state index contributed by atoms with van der Waals surface area (Å²) in [6, 6.07) is 0. The lowest BCUT2D eigenvalue weighted by atomic mass is 10.5. The summed E-state index contributed by atoms with van der Waals surface area (Å²) in [6.45, 7) is 0.461. The first kappa shape index (κ1) is 5.11. The molecule has 0 amide bonds.